The second-order valence-electron chi connectivity index (χ2n) is 3.70. The molecule has 0 saturated heterocycles. The number of hydrogen-bond acceptors (Lipinski definition) is 2. The highest BCUT2D eigenvalue weighted by molar-refractivity contribution is 6.03. The normalized spacial score (nSPS) is 19.2. The van der Waals surface area contributed by atoms with Crippen molar-refractivity contribution in [1.82, 2.24) is 0 Å². The summed E-state index contributed by atoms with van der Waals surface area (Å²) in [7, 11) is 0. The molecule has 76 valence electrons. The van der Waals surface area contributed by atoms with Crippen molar-refractivity contribution in [3.63, 3.8) is 0 Å². The maximum Gasteiger partial charge on any atom is 0.150 e. The highest BCUT2D eigenvalue weighted by atomic mass is 16.1. The van der Waals surface area contributed by atoms with Gasteiger partial charge in [-0.15, -0.1) is 0 Å². The van der Waals surface area contributed by atoms with E-state index in [1.165, 1.54) is 0 Å². The number of rotatable bonds is 4. The lowest BCUT2D eigenvalue weighted by Crippen LogP contribution is -2.18. The Balaban J connectivity index is 1.91. The van der Waals surface area contributed by atoms with Gasteiger partial charge in [0.2, 0.25) is 0 Å². The Morgan fingerprint density at radius 3 is 1.40 bits per heavy atom. The molecule has 2 heteroatoms. The predicted molar refractivity (Wildman–Crippen MR) is 58.2 cm³/mol. The van der Waals surface area contributed by atoms with Crippen LogP contribution in [0.15, 0.2) is 48.6 Å². The van der Waals surface area contributed by atoms with Gasteiger partial charge < -0.3 is 0 Å². The molecular formula is C13H12O2. The van der Waals surface area contributed by atoms with Crippen LogP contribution in [0.2, 0.25) is 0 Å². The van der Waals surface area contributed by atoms with Crippen LogP contribution in [-0.2, 0) is 9.59 Å². The van der Waals surface area contributed by atoms with Gasteiger partial charge in [0, 0.05) is 0 Å². The molecule has 0 aromatic carbocycles. The van der Waals surface area contributed by atoms with Crippen molar-refractivity contribution in [1.29, 1.82) is 0 Å². The molecule has 0 heterocycles. The molecule has 0 unspecified atom stereocenters. The lowest BCUT2D eigenvalue weighted by molar-refractivity contribution is -0.128. The SMILES string of the molecule is O=C(CC(=O)C1C=CC=C1)C1C=CC=C1. The summed E-state index contributed by atoms with van der Waals surface area (Å²) >= 11 is 0. The summed E-state index contributed by atoms with van der Waals surface area (Å²) in [6.07, 6.45) is 14.6. The smallest absolute Gasteiger partial charge is 0.150 e. The van der Waals surface area contributed by atoms with Crippen molar-refractivity contribution >= 4 is 11.6 Å². The zero-order valence-electron chi connectivity index (χ0n) is 8.30. The second kappa shape index (κ2) is 4.22. The molecular weight excluding hydrogens is 188 g/mol. The second-order valence-corrected chi connectivity index (χ2v) is 3.70. The molecule has 2 aliphatic carbocycles. The summed E-state index contributed by atoms with van der Waals surface area (Å²) in [5.41, 5.74) is 0. The van der Waals surface area contributed by atoms with Crippen LogP contribution in [0.4, 0.5) is 0 Å². The number of allylic oxidation sites excluding steroid dienone is 8. The van der Waals surface area contributed by atoms with Gasteiger partial charge in [-0.05, 0) is 0 Å². The highest BCUT2D eigenvalue weighted by Crippen LogP contribution is 2.16. The largest absolute Gasteiger partial charge is 0.298 e. The van der Waals surface area contributed by atoms with Gasteiger partial charge in [-0.3, -0.25) is 9.59 Å². The van der Waals surface area contributed by atoms with E-state index in [9.17, 15) is 9.59 Å². The number of carbonyl (C=O) groups excluding carboxylic acids is 2. The first-order valence-electron chi connectivity index (χ1n) is 5.03. The Kier molecular flexibility index (Phi) is 2.77. The Hall–Kier alpha value is -1.70. The number of Topliss-reactive ketones (excluding diaryl/α,β-unsaturated/α-hetero) is 2. The van der Waals surface area contributed by atoms with Crippen molar-refractivity contribution in [3.05, 3.63) is 48.6 Å². The Labute approximate surface area is 88.7 Å². The van der Waals surface area contributed by atoms with E-state index in [1.807, 2.05) is 48.6 Å². The molecule has 0 spiro atoms. The fourth-order valence-electron chi connectivity index (χ4n) is 1.70. The third-order valence-electron chi connectivity index (χ3n) is 2.59. The van der Waals surface area contributed by atoms with E-state index >= 15 is 0 Å². The third-order valence-corrected chi connectivity index (χ3v) is 2.59. The van der Waals surface area contributed by atoms with Crippen LogP contribution < -0.4 is 0 Å². The fourth-order valence-corrected chi connectivity index (χ4v) is 1.70. The van der Waals surface area contributed by atoms with E-state index in [0.717, 1.165) is 0 Å². The van der Waals surface area contributed by atoms with Crippen LogP contribution in [0.3, 0.4) is 0 Å². The maximum atomic E-state index is 11.6. The molecule has 0 aromatic heterocycles. The summed E-state index contributed by atoms with van der Waals surface area (Å²) in [5.74, 6) is -0.413. The van der Waals surface area contributed by atoms with E-state index in [0.29, 0.717) is 0 Å². The highest BCUT2D eigenvalue weighted by Gasteiger charge is 2.21. The van der Waals surface area contributed by atoms with Gasteiger partial charge in [0.1, 0.15) is 0 Å². The average molecular weight is 200 g/mol. The monoisotopic (exact) mass is 200 g/mol. The molecule has 2 rings (SSSR count). The predicted octanol–water partition coefficient (Wildman–Crippen LogP) is 2.00. The third kappa shape index (κ3) is 2.21. The minimum absolute atomic E-state index is 0.0151. The lowest BCUT2D eigenvalue weighted by Gasteiger charge is -2.06. The van der Waals surface area contributed by atoms with E-state index < -0.39 is 0 Å². The van der Waals surface area contributed by atoms with Gasteiger partial charge in [0.15, 0.2) is 11.6 Å². The standard InChI is InChI=1S/C13H12O2/c14-12(10-5-1-2-6-10)9-13(15)11-7-3-4-8-11/h1-8,10-11H,9H2. The van der Waals surface area contributed by atoms with Crippen molar-refractivity contribution < 1.29 is 9.59 Å². The summed E-state index contributed by atoms with van der Waals surface area (Å²) in [6, 6.07) is 0. The van der Waals surface area contributed by atoms with E-state index in [2.05, 4.69) is 0 Å². The molecule has 0 atom stereocenters. The summed E-state index contributed by atoms with van der Waals surface area (Å²) in [4.78, 5) is 23.3. The first kappa shape index (κ1) is 9.84. The lowest BCUT2D eigenvalue weighted by atomic mass is 9.96. The van der Waals surface area contributed by atoms with Crippen LogP contribution in [0.25, 0.3) is 0 Å². The summed E-state index contributed by atoms with van der Waals surface area (Å²) in [6.45, 7) is 0. The van der Waals surface area contributed by atoms with Gasteiger partial charge in [-0.25, -0.2) is 0 Å². The molecule has 2 nitrogen and oxygen atoms in total. The molecule has 15 heavy (non-hydrogen) atoms. The Morgan fingerprint density at radius 2 is 1.07 bits per heavy atom. The summed E-state index contributed by atoms with van der Waals surface area (Å²) in [5, 5.41) is 0. The quantitative estimate of drug-likeness (QED) is 0.650. The molecule has 0 saturated carbocycles. The van der Waals surface area contributed by atoms with Crippen LogP contribution in [0.1, 0.15) is 6.42 Å². The van der Waals surface area contributed by atoms with E-state index in [1.54, 1.807) is 0 Å². The number of hydrogen-bond donors (Lipinski definition) is 0. The molecule has 0 aromatic rings. The Bertz CT molecular complexity index is 335. The molecule has 2 aliphatic rings. The maximum absolute atomic E-state index is 11.6. The number of carbonyl (C=O) groups is 2. The first-order valence-corrected chi connectivity index (χ1v) is 5.03. The topological polar surface area (TPSA) is 34.1 Å². The van der Waals surface area contributed by atoms with Crippen LogP contribution >= 0.6 is 0 Å². The van der Waals surface area contributed by atoms with Gasteiger partial charge in [0.25, 0.3) is 0 Å². The Morgan fingerprint density at radius 1 is 0.733 bits per heavy atom. The minimum atomic E-state index is -0.191. The van der Waals surface area contributed by atoms with Crippen molar-refractivity contribution in [3.8, 4) is 0 Å². The number of ketones is 2. The van der Waals surface area contributed by atoms with Gasteiger partial charge >= 0.3 is 0 Å². The molecule has 0 radical (unpaired) electrons. The van der Waals surface area contributed by atoms with E-state index in [-0.39, 0.29) is 29.8 Å². The average Bonchev–Trinajstić information content (AvgIpc) is 2.91. The van der Waals surface area contributed by atoms with Crippen LogP contribution in [0.5, 0.6) is 0 Å². The van der Waals surface area contributed by atoms with Crippen molar-refractivity contribution in [2.75, 3.05) is 0 Å². The molecule has 0 bridgehead atoms. The molecule has 0 amide bonds. The first-order chi connectivity index (χ1) is 7.27. The van der Waals surface area contributed by atoms with Crippen LogP contribution in [0, 0.1) is 11.8 Å². The zero-order chi connectivity index (χ0) is 10.7. The zero-order valence-corrected chi connectivity index (χ0v) is 8.30. The van der Waals surface area contributed by atoms with Crippen molar-refractivity contribution in [2.24, 2.45) is 11.8 Å². The minimum Gasteiger partial charge on any atom is -0.298 e. The molecule has 0 fully saturated rings. The fraction of sp³-hybridized carbons (Fsp3) is 0.231. The summed E-state index contributed by atoms with van der Waals surface area (Å²) < 4.78 is 0. The van der Waals surface area contributed by atoms with Gasteiger partial charge in [-0.2, -0.15) is 0 Å². The van der Waals surface area contributed by atoms with Gasteiger partial charge in [-0.1, -0.05) is 48.6 Å². The molecule has 0 aliphatic heterocycles. The van der Waals surface area contributed by atoms with Crippen molar-refractivity contribution in [2.45, 2.75) is 6.42 Å². The van der Waals surface area contributed by atoms with Gasteiger partial charge in [0.05, 0.1) is 18.3 Å². The van der Waals surface area contributed by atoms with E-state index in [4.69, 9.17) is 0 Å². The van der Waals surface area contributed by atoms with Crippen LogP contribution in [-0.4, -0.2) is 11.6 Å². The molecule has 0 N–H and O–H groups in total.